The van der Waals surface area contributed by atoms with Crippen molar-refractivity contribution >= 4 is 39.1 Å². The minimum Gasteiger partial charge on any atom is -0.475 e. The van der Waals surface area contributed by atoms with Gasteiger partial charge in [-0.15, -0.1) is 21.6 Å². The molecule has 2 aliphatic rings. The lowest BCUT2D eigenvalue weighted by atomic mass is 9.95. The van der Waals surface area contributed by atoms with Gasteiger partial charge in [-0.2, -0.15) is 26.3 Å². The van der Waals surface area contributed by atoms with Gasteiger partial charge in [0.25, 0.3) is 5.66 Å². The van der Waals surface area contributed by atoms with Crippen LogP contribution in [-0.2, 0) is 16.0 Å². The molecule has 3 N–H and O–H groups in total. The zero-order valence-corrected chi connectivity index (χ0v) is 17.3. The Morgan fingerprint density at radius 3 is 2.30 bits per heavy atom. The molecule has 0 bridgehead atoms. The number of aliphatic carboxylic acids is 1. The van der Waals surface area contributed by atoms with E-state index in [0.717, 1.165) is 9.35 Å². The average Bonchev–Trinajstić information content (AvgIpc) is 3.12. The van der Waals surface area contributed by atoms with Gasteiger partial charge in [-0.05, 0) is 45.8 Å². The lowest BCUT2D eigenvalue weighted by molar-refractivity contribution is -0.192. The maximum atomic E-state index is 13.0. The molecule has 0 aromatic carbocycles. The number of carbonyl (C=O) groups excluding carboxylic acids is 1. The number of rotatable bonds is 4. The van der Waals surface area contributed by atoms with Crippen molar-refractivity contribution in [1.29, 1.82) is 0 Å². The van der Waals surface area contributed by atoms with Gasteiger partial charge in [-0.3, -0.25) is 4.79 Å². The molecular weight excluding hydrogens is 510 g/mol. The Labute approximate surface area is 178 Å². The van der Waals surface area contributed by atoms with Crippen LogP contribution in [0.5, 0.6) is 0 Å². The summed E-state index contributed by atoms with van der Waals surface area (Å²) in [5, 5.41) is 15.5. The maximum Gasteiger partial charge on any atom is 0.490 e. The Morgan fingerprint density at radius 1 is 1.33 bits per heavy atom. The number of carboxylic acid groups (broad SMARTS) is 1. The molecule has 2 aliphatic heterocycles. The van der Waals surface area contributed by atoms with Crippen LogP contribution in [0.25, 0.3) is 0 Å². The molecule has 1 fully saturated rings. The first-order valence-electron chi connectivity index (χ1n) is 8.25. The van der Waals surface area contributed by atoms with Gasteiger partial charge in [0.15, 0.2) is 0 Å². The van der Waals surface area contributed by atoms with E-state index in [1.54, 1.807) is 0 Å². The number of hydrogen-bond acceptors (Lipinski definition) is 6. The van der Waals surface area contributed by atoms with E-state index in [4.69, 9.17) is 15.6 Å². The van der Waals surface area contributed by atoms with Gasteiger partial charge < -0.3 is 15.7 Å². The highest BCUT2D eigenvalue weighted by Gasteiger charge is 2.69. The van der Waals surface area contributed by atoms with E-state index in [0.29, 0.717) is 6.42 Å². The van der Waals surface area contributed by atoms with Crippen LogP contribution in [0.2, 0.25) is 0 Å². The van der Waals surface area contributed by atoms with E-state index in [1.165, 1.54) is 16.2 Å². The van der Waals surface area contributed by atoms with E-state index in [-0.39, 0.29) is 25.4 Å². The second-order valence-electron chi connectivity index (χ2n) is 6.57. The van der Waals surface area contributed by atoms with Crippen LogP contribution in [0, 0.1) is 5.92 Å². The van der Waals surface area contributed by atoms with Gasteiger partial charge in [0.1, 0.15) is 0 Å². The first-order chi connectivity index (χ1) is 13.7. The highest BCUT2D eigenvalue weighted by molar-refractivity contribution is 9.11. The second kappa shape index (κ2) is 8.78. The van der Waals surface area contributed by atoms with Crippen molar-refractivity contribution in [2.75, 3.05) is 13.1 Å². The topological polar surface area (TPSA) is 108 Å². The summed E-state index contributed by atoms with van der Waals surface area (Å²) in [7, 11) is 0. The van der Waals surface area contributed by atoms with Crippen LogP contribution in [0.1, 0.15) is 12.0 Å². The summed E-state index contributed by atoms with van der Waals surface area (Å²) >= 11 is 4.83. The minimum absolute atomic E-state index is 0.00756. The van der Waals surface area contributed by atoms with Crippen molar-refractivity contribution in [1.82, 2.24) is 4.90 Å². The summed E-state index contributed by atoms with van der Waals surface area (Å²) < 4.78 is 71.7. The predicted molar refractivity (Wildman–Crippen MR) is 95.7 cm³/mol. The van der Waals surface area contributed by atoms with Crippen molar-refractivity contribution < 1.29 is 41.0 Å². The van der Waals surface area contributed by atoms with Crippen LogP contribution in [0.15, 0.2) is 25.5 Å². The molecule has 0 spiro atoms. The van der Waals surface area contributed by atoms with Gasteiger partial charge in [0, 0.05) is 19.0 Å². The van der Waals surface area contributed by atoms with E-state index in [2.05, 4.69) is 26.2 Å². The van der Waals surface area contributed by atoms with Crippen molar-refractivity contribution in [3.8, 4) is 0 Å². The molecule has 168 valence electrons. The number of amides is 1. The number of nitrogens with two attached hydrogens (primary N) is 1. The van der Waals surface area contributed by atoms with E-state index < -0.39 is 35.9 Å². The summed E-state index contributed by atoms with van der Waals surface area (Å²) in [5.41, 5.74) is 4.55. The number of carboxylic acids is 1. The Morgan fingerprint density at radius 2 is 1.90 bits per heavy atom. The van der Waals surface area contributed by atoms with Crippen LogP contribution in [0.4, 0.5) is 26.3 Å². The van der Waals surface area contributed by atoms with Gasteiger partial charge in [0.2, 0.25) is 5.91 Å². The molecule has 3 heterocycles. The fourth-order valence-corrected chi connectivity index (χ4v) is 4.10. The Bertz CT molecular complexity index is 822. The van der Waals surface area contributed by atoms with Gasteiger partial charge in [0.05, 0.1) is 9.83 Å². The fraction of sp³-hybridized carbons (Fsp3) is 0.600. The lowest BCUT2D eigenvalue weighted by Gasteiger charge is -2.23. The third-order valence-electron chi connectivity index (χ3n) is 4.44. The largest absolute Gasteiger partial charge is 0.490 e. The second-order valence-corrected chi connectivity index (χ2v) is 8.86. The van der Waals surface area contributed by atoms with Crippen molar-refractivity contribution in [2.45, 2.75) is 36.9 Å². The smallest absolute Gasteiger partial charge is 0.475 e. The van der Waals surface area contributed by atoms with Gasteiger partial charge >= 0.3 is 18.3 Å². The molecule has 15 heteroatoms. The molecule has 1 amide bonds. The number of thiophene rings is 1. The molecule has 2 unspecified atom stereocenters. The van der Waals surface area contributed by atoms with Crippen molar-refractivity contribution in [3.63, 3.8) is 0 Å². The molecule has 1 saturated heterocycles. The highest BCUT2D eigenvalue weighted by atomic mass is 79.9. The highest BCUT2D eigenvalue weighted by Crippen LogP contribution is 2.52. The Balaban J connectivity index is 0.000000396. The zero-order chi connectivity index (χ0) is 22.9. The number of hydrogen-bond donors (Lipinski definition) is 2. The number of alkyl halides is 6. The monoisotopic (exact) mass is 524 g/mol. The minimum atomic E-state index is -5.08. The average molecular weight is 525 g/mol. The van der Waals surface area contributed by atoms with Crippen LogP contribution in [-0.4, -0.2) is 59.0 Å². The summed E-state index contributed by atoms with van der Waals surface area (Å²) in [6.07, 6.45) is -8.99. The van der Waals surface area contributed by atoms with E-state index >= 15 is 0 Å². The first kappa shape index (κ1) is 24.5. The molecule has 0 saturated carbocycles. The number of nitrogens with zero attached hydrogens (tertiary/aromatic N) is 3. The number of halogens is 7. The summed E-state index contributed by atoms with van der Waals surface area (Å²) in [4.78, 5) is 22.6. The molecule has 7 nitrogen and oxygen atoms in total. The maximum absolute atomic E-state index is 13.0. The van der Waals surface area contributed by atoms with Crippen LogP contribution >= 0.6 is 27.3 Å². The SMILES string of the molecule is NC(Cc1csc(Br)c1)C(=O)N1CCC(C2(C(F)(F)F)N=N2)C1.O=C(O)C(F)(F)F. The normalized spacial score (nSPS) is 21.1. The summed E-state index contributed by atoms with van der Waals surface area (Å²) in [6.45, 7) is 0.250. The molecule has 0 aliphatic carbocycles. The molecular formula is C15H15BrF6N4O3S. The molecule has 0 radical (unpaired) electrons. The molecule has 3 rings (SSSR count). The summed E-state index contributed by atoms with van der Waals surface area (Å²) in [6, 6.07) is 1.12. The fourth-order valence-electron chi connectivity index (χ4n) is 2.88. The third kappa shape index (κ3) is 5.69. The zero-order valence-electron chi connectivity index (χ0n) is 14.9. The molecule has 2 atom stereocenters. The quantitative estimate of drug-likeness (QED) is 0.586. The number of likely N-dealkylation sites (tertiary alicyclic amines) is 1. The van der Waals surface area contributed by atoms with E-state index in [1.807, 2.05) is 11.4 Å². The van der Waals surface area contributed by atoms with E-state index in [9.17, 15) is 31.1 Å². The third-order valence-corrected chi connectivity index (χ3v) is 5.99. The Hall–Kier alpha value is -1.74. The molecule has 1 aromatic rings. The van der Waals surface area contributed by atoms with Gasteiger partial charge in [-0.25, -0.2) is 4.79 Å². The van der Waals surface area contributed by atoms with Crippen LogP contribution < -0.4 is 5.73 Å². The van der Waals surface area contributed by atoms with Crippen molar-refractivity contribution in [3.05, 3.63) is 20.8 Å². The van der Waals surface area contributed by atoms with Crippen LogP contribution in [0.3, 0.4) is 0 Å². The molecule has 30 heavy (non-hydrogen) atoms. The Kier molecular flexibility index (Phi) is 7.18. The standard InChI is InChI=1S/C13H14BrF3N4OS.C2HF3O2/c14-10-4-7(6-23-10)3-9(18)11(22)21-2-1-8(5-21)12(19-20-12)13(15,16)17;3-2(4,5)1(6)7/h4,6,8-9H,1-3,5,18H2;(H,6,7). The number of carbonyl (C=O) groups is 2. The van der Waals surface area contributed by atoms with Crippen molar-refractivity contribution in [2.24, 2.45) is 21.9 Å². The van der Waals surface area contributed by atoms with Gasteiger partial charge in [-0.1, -0.05) is 0 Å². The first-order valence-corrected chi connectivity index (χ1v) is 9.93. The summed E-state index contributed by atoms with van der Waals surface area (Å²) in [5.74, 6) is -3.89. The predicted octanol–water partition coefficient (Wildman–Crippen LogP) is 3.59. The lowest BCUT2D eigenvalue weighted by Crippen LogP contribution is -2.46. The molecule has 1 aromatic heterocycles.